The van der Waals surface area contributed by atoms with E-state index in [1.807, 2.05) is 11.8 Å². The maximum absolute atomic E-state index is 11.8. The Morgan fingerprint density at radius 2 is 1.11 bits per heavy atom. The van der Waals surface area contributed by atoms with Crippen molar-refractivity contribution in [1.29, 1.82) is 0 Å². The van der Waals surface area contributed by atoms with Gasteiger partial charge in [-0.2, -0.15) is 11.8 Å². The van der Waals surface area contributed by atoms with Crippen LogP contribution in [0, 0.1) is 0 Å². The summed E-state index contributed by atoms with van der Waals surface area (Å²) in [7, 11) is 0. The molecule has 4 nitrogen and oxygen atoms in total. The van der Waals surface area contributed by atoms with E-state index in [0.717, 1.165) is 49.6 Å². The number of unbranched alkanes of at least 4 members (excludes halogenated alkanes) is 17. The third-order valence-corrected chi connectivity index (χ3v) is 7.58. The van der Waals surface area contributed by atoms with Crippen molar-refractivity contribution in [3.05, 3.63) is 0 Å². The Morgan fingerprint density at radius 1 is 0.629 bits per heavy atom. The summed E-state index contributed by atoms with van der Waals surface area (Å²) in [4.78, 5) is 16.3. The van der Waals surface area contributed by atoms with Crippen LogP contribution >= 0.6 is 11.8 Å². The van der Waals surface area contributed by atoms with E-state index < -0.39 is 0 Å². The van der Waals surface area contributed by atoms with Gasteiger partial charge in [-0.3, -0.25) is 9.79 Å². The molecule has 0 unspecified atom stereocenters. The first kappa shape index (κ1) is 34.3. The molecule has 0 saturated carbocycles. The predicted octanol–water partition coefficient (Wildman–Crippen LogP) is 9.24. The second-order valence-electron chi connectivity index (χ2n) is 10.1. The summed E-state index contributed by atoms with van der Waals surface area (Å²) in [6.07, 6.45) is 27.5. The number of hydrogen-bond acceptors (Lipinski definition) is 4. The molecule has 0 aromatic rings. The number of carbonyl (C=O) groups is 1. The summed E-state index contributed by atoms with van der Waals surface area (Å²) in [5, 5.41) is 0. The Balaban J connectivity index is 3.33. The van der Waals surface area contributed by atoms with Gasteiger partial charge in [0.05, 0.1) is 18.9 Å². The van der Waals surface area contributed by atoms with Gasteiger partial charge in [-0.15, -0.1) is 0 Å². The summed E-state index contributed by atoms with van der Waals surface area (Å²) in [5.41, 5.74) is 6.06. The molecule has 0 rings (SSSR count). The Labute approximate surface area is 223 Å². The molecule has 5 heteroatoms. The van der Waals surface area contributed by atoms with Crippen LogP contribution in [-0.4, -0.2) is 36.5 Å². The number of hydrogen-bond donors (Lipinski definition) is 1. The average molecular weight is 513 g/mol. The summed E-state index contributed by atoms with van der Waals surface area (Å²) >= 11 is 1.81. The van der Waals surface area contributed by atoms with Gasteiger partial charge in [0, 0.05) is 18.7 Å². The third-order valence-electron chi connectivity index (χ3n) is 6.51. The van der Waals surface area contributed by atoms with E-state index in [1.54, 1.807) is 0 Å². The zero-order chi connectivity index (χ0) is 25.7. The van der Waals surface area contributed by atoms with Gasteiger partial charge in [0.1, 0.15) is 0 Å². The standard InChI is InChI=1S/C30H60N2O2S/c1-3-5-7-9-11-12-13-14-15-16-18-20-25-32-29(31)23-22-27-35-28-24-30(33)34-26-21-19-17-10-8-6-4-2/h3-28H2,1-2H3,(H2,31,32). The van der Waals surface area contributed by atoms with Gasteiger partial charge in [-0.1, -0.05) is 123 Å². The maximum atomic E-state index is 11.8. The molecule has 208 valence electrons. The van der Waals surface area contributed by atoms with Crippen LogP contribution in [0.25, 0.3) is 0 Å². The quantitative estimate of drug-likeness (QED) is 0.0491. The molecule has 2 N–H and O–H groups in total. The summed E-state index contributed by atoms with van der Waals surface area (Å²) in [6, 6.07) is 0. The number of aliphatic imine (C=N–C) groups is 1. The lowest BCUT2D eigenvalue weighted by Gasteiger charge is -2.05. The molecule has 0 radical (unpaired) electrons. The van der Waals surface area contributed by atoms with Crippen molar-refractivity contribution in [2.45, 2.75) is 155 Å². The van der Waals surface area contributed by atoms with Crippen LogP contribution in [0.3, 0.4) is 0 Å². The van der Waals surface area contributed by atoms with Crippen molar-refractivity contribution in [2.24, 2.45) is 10.7 Å². The van der Waals surface area contributed by atoms with E-state index in [1.165, 1.54) is 109 Å². The van der Waals surface area contributed by atoms with Crippen LogP contribution in [0.4, 0.5) is 0 Å². The van der Waals surface area contributed by atoms with Gasteiger partial charge >= 0.3 is 5.97 Å². The van der Waals surface area contributed by atoms with E-state index in [2.05, 4.69) is 18.8 Å². The minimum atomic E-state index is -0.0491. The molecule has 0 heterocycles. The van der Waals surface area contributed by atoms with Gasteiger partial charge in [-0.25, -0.2) is 0 Å². The highest BCUT2D eigenvalue weighted by Crippen LogP contribution is 2.12. The molecule has 35 heavy (non-hydrogen) atoms. The highest BCUT2D eigenvalue weighted by atomic mass is 32.2. The molecule has 0 saturated heterocycles. The molecule has 0 aromatic carbocycles. The zero-order valence-corrected chi connectivity index (χ0v) is 24.5. The number of carbonyl (C=O) groups excluding carboxylic acids is 1. The highest BCUT2D eigenvalue weighted by molar-refractivity contribution is 7.99. The maximum Gasteiger partial charge on any atom is 0.306 e. The van der Waals surface area contributed by atoms with Crippen molar-refractivity contribution >= 4 is 23.6 Å². The molecule has 0 aliphatic carbocycles. The number of rotatable bonds is 28. The first-order chi connectivity index (χ1) is 17.2. The number of esters is 1. The lowest BCUT2D eigenvalue weighted by atomic mass is 10.1. The predicted molar refractivity (Wildman–Crippen MR) is 158 cm³/mol. The smallest absolute Gasteiger partial charge is 0.306 e. The van der Waals surface area contributed by atoms with Crippen LogP contribution in [0.1, 0.15) is 155 Å². The zero-order valence-electron chi connectivity index (χ0n) is 23.6. The van der Waals surface area contributed by atoms with E-state index in [0.29, 0.717) is 13.0 Å². The number of ether oxygens (including phenoxy) is 1. The Kier molecular flexibility index (Phi) is 28.9. The minimum Gasteiger partial charge on any atom is -0.466 e. The number of nitrogens with two attached hydrogens (primary N) is 1. The lowest BCUT2D eigenvalue weighted by molar-refractivity contribution is -0.143. The molecule has 0 aliphatic rings. The Bertz CT molecular complexity index is 471. The fourth-order valence-corrected chi connectivity index (χ4v) is 5.05. The molecule has 0 fully saturated rings. The van der Waals surface area contributed by atoms with E-state index in [-0.39, 0.29) is 5.97 Å². The molecule has 0 aromatic heterocycles. The fourth-order valence-electron chi connectivity index (χ4n) is 4.18. The Morgan fingerprint density at radius 3 is 1.66 bits per heavy atom. The summed E-state index contributed by atoms with van der Waals surface area (Å²) in [6.45, 7) is 5.98. The number of thioether (sulfide) groups is 1. The average Bonchev–Trinajstić information content (AvgIpc) is 2.85. The molecule has 0 bridgehead atoms. The monoisotopic (exact) mass is 512 g/mol. The van der Waals surface area contributed by atoms with Crippen molar-refractivity contribution < 1.29 is 9.53 Å². The largest absolute Gasteiger partial charge is 0.466 e. The van der Waals surface area contributed by atoms with E-state index >= 15 is 0 Å². The van der Waals surface area contributed by atoms with E-state index in [4.69, 9.17) is 10.5 Å². The number of amidine groups is 1. The van der Waals surface area contributed by atoms with Gasteiger partial charge in [-0.05, 0) is 25.0 Å². The topological polar surface area (TPSA) is 64.7 Å². The first-order valence-corrected chi connectivity index (χ1v) is 16.4. The van der Waals surface area contributed by atoms with Gasteiger partial charge in [0.25, 0.3) is 0 Å². The van der Waals surface area contributed by atoms with Crippen molar-refractivity contribution in [3.8, 4) is 0 Å². The van der Waals surface area contributed by atoms with Crippen LogP contribution in [0.2, 0.25) is 0 Å². The van der Waals surface area contributed by atoms with Crippen LogP contribution in [-0.2, 0) is 9.53 Å². The van der Waals surface area contributed by atoms with Crippen molar-refractivity contribution in [2.75, 3.05) is 24.7 Å². The lowest BCUT2D eigenvalue weighted by Crippen LogP contribution is -2.12. The van der Waals surface area contributed by atoms with Gasteiger partial charge in [0.15, 0.2) is 0 Å². The number of nitrogens with zero attached hydrogens (tertiary/aromatic N) is 1. The molecule has 0 atom stereocenters. The van der Waals surface area contributed by atoms with Crippen molar-refractivity contribution in [1.82, 2.24) is 0 Å². The van der Waals surface area contributed by atoms with Crippen LogP contribution in [0.5, 0.6) is 0 Å². The van der Waals surface area contributed by atoms with Crippen LogP contribution in [0.15, 0.2) is 4.99 Å². The fraction of sp³-hybridized carbons (Fsp3) is 0.933. The SMILES string of the molecule is CCCCCCCCCCCCCCN=C(N)CCCSCCC(=O)OCCCCCCCCC. The normalized spacial score (nSPS) is 11.8. The highest BCUT2D eigenvalue weighted by Gasteiger charge is 2.03. The van der Waals surface area contributed by atoms with Crippen molar-refractivity contribution in [3.63, 3.8) is 0 Å². The molecule has 0 aliphatic heterocycles. The van der Waals surface area contributed by atoms with Crippen LogP contribution < -0.4 is 5.73 Å². The first-order valence-electron chi connectivity index (χ1n) is 15.2. The van der Waals surface area contributed by atoms with E-state index in [9.17, 15) is 4.79 Å². The van der Waals surface area contributed by atoms with Gasteiger partial charge in [0.2, 0.25) is 0 Å². The summed E-state index contributed by atoms with van der Waals surface area (Å²) in [5.74, 6) is 2.61. The second-order valence-corrected chi connectivity index (χ2v) is 11.3. The molecular weight excluding hydrogens is 452 g/mol. The minimum absolute atomic E-state index is 0.0491. The molecule has 0 amide bonds. The third kappa shape index (κ3) is 29.4. The summed E-state index contributed by atoms with van der Waals surface area (Å²) < 4.78 is 5.34. The van der Waals surface area contributed by atoms with Gasteiger partial charge < -0.3 is 10.5 Å². The molecular formula is C30H60N2O2S. The second kappa shape index (κ2) is 29.5. The Hall–Kier alpha value is -0.710. The molecule has 0 spiro atoms.